The molecular formula is C10H11N3. The van der Waals surface area contributed by atoms with Crippen LogP contribution in [0, 0.1) is 13.8 Å². The summed E-state index contributed by atoms with van der Waals surface area (Å²) < 4.78 is 0. The summed E-state index contributed by atoms with van der Waals surface area (Å²) in [5.74, 6) is 1.28. The summed E-state index contributed by atoms with van der Waals surface area (Å²) in [6.45, 7) is 3.87. The first kappa shape index (κ1) is 7.98. The minimum atomic E-state index is 0.561. The van der Waals surface area contributed by atoms with E-state index in [9.17, 15) is 0 Å². The molecule has 0 atom stereocenters. The van der Waals surface area contributed by atoms with E-state index in [1.807, 2.05) is 32.0 Å². The number of hydrogen-bond acceptors (Lipinski definition) is 3. The number of benzene rings is 1. The van der Waals surface area contributed by atoms with Gasteiger partial charge in [0, 0.05) is 5.39 Å². The van der Waals surface area contributed by atoms with Gasteiger partial charge in [-0.25, -0.2) is 9.97 Å². The molecule has 3 nitrogen and oxygen atoms in total. The molecule has 0 aliphatic heterocycles. The van der Waals surface area contributed by atoms with Crippen molar-refractivity contribution in [2.45, 2.75) is 13.8 Å². The fraction of sp³-hybridized carbons (Fsp3) is 0.200. The fourth-order valence-electron chi connectivity index (χ4n) is 1.39. The third kappa shape index (κ3) is 1.33. The maximum Gasteiger partial charge on any atom is 0.135 e. The molecule has 1 aromatic carbocycles. The quantitative estimate of drug-likeness (QED) is 0.661. The summed E-state index contributed by atoms with van der Waals surface area (Å²) in [4.78, 5) is 8.40. The van der Waals surface area contributed by atoms with Gasteiger partial charge in [0.15, 0.2) is 0 Å². The molecule has 0 fully saturated rings. The Morgan fingerprint density at radius 1 is 1.15 bits per heavy atom. The van der Waals surface area contributed by atoms with Crippen molar-refractivity contribution >= 4 is 16.7 Å². The minimum absolute atomic E-state index is 0.561. The van der Waals surface area contributed by atoms with Crippen molar-refractivity contribution in [2.75, 3.05) is 5.73 Å². The Bertz CT molecular complexity index is 463. The SMILES string of the molecule is Cc1ccc2nc(C)nc(N)c2c1. The lowest BCUT2D eigenvalue weighted by atomic mass is 10.1. The first-order chi connectivity index (χ1) is 6.16. The number of aromatic nitrogens is 2. The van der Waals surface area contributed by atoms with Gasteiger partial charge in [-0.15, -0.1) is 0 Å². The van der Waals surface area contributed by atoms with Crippen molar-refractivity contribution in [3.8, 4) is 0 Å². The molecule has 1 aromatic heterocycles. The normalized spacial score (nSPS) is 10.6. The van der Waals surface area contributed by atoms with E-state index < -0.39 is 0 Å². The molecule has 3 heteroatoms. The average molecular weight is 173 g/mol. The minimum Gasteiger partial charge on any atom is -0.383 e. The summed E-state index contributed by atoms with van der Waals surface area (Å²) >= 11 is 0. The van der Waals surface area contributed by atoms with Crippen LogP contribution in [0.3, 0.4) is 0 Å². The van der Waals surface area contributed by atoms with Crippen molar-refractivity contribution in [3.05, 3.63) is 29.6 Å². The van der Waals surface area contributed by atoms with Crippen LogP contribution < -0.4 is 5.73 Å². The summed E-state index contributed by atoms with van der Waals surface area (Å²) in [7, 11) is 0. The average Bonchev–Trinajstić information content (AvgIpc) is 2.06. The first-order valence-electron chi connectivity index (χ1n) is 4.17. The number of nitrogens with zero attached hydrogens (tertiary/aromatic N) is 2. The van der Waals surface area contributed by atoms with E-state index in [0.29, 0.717) is 11.6 Å². The van der Waals surface area contributed by atoms with E-state index in [-0.39, 0.29) is 0 Å². The molecule has 2 rings (SSSR count). The van der Waals surface area contributed by atoms with Gasteiger partial charge in [0.1, 0.15) is 11.6 Å². The number of nitrogens with two attached hydrogens (primary N) is 1. The van der Waals surface area contributed by atoms with Crippen LogP contribution in [0.5, 0.6) is 0 Å². The molecule has 0 unspecified atom stereocenters. The van der Waals surface area contributed by atoms with Gasteiger partial charge < -0.3 is 5.73 Å². The first-order valence-corrected chi connectivity index (χ1v) is 4.17. The lowest BCUT2D eigenvalue weighted by molar-refractivity contribution is 1.10. The molecule has 0 radical (unpaired) electrons. The van der Waals surface area contributed by atoms with Crippen LogP contribution >= 0.6 is 0 Å². The highest BCUT2D eigenvalue weighted by atomic mass is 14.9. The van der Waals surface area contributed by atoms with Crippen LogP contribution in [-0.2, 0) is 0 Å². The highest BCUT2D eigenvalue weighted by Crippen LogP contribution is 2.18. The van der Waals surface area contributed by atoms with Crippen molar-refractivity contribution in [1.29, 1.82) is 0 Å². The molecule has 66 valence electrons. The monoisotopic (exact) mass is 173 g/mol. The molecule has 2 N–H and O–H groups in total. The molecule has 0 saturated heterocycles. The number of nitrogen functional groups attached to an aromatic ring is 1. The molecule has 0 aliphatic carbocycles. The maximum atomic E-state index is 5.77. The van der Waals surface area contributed by atoms with Gasteiger partial charge in [-0.1, -0.05) is 11.6 Å². The predicted molar refractivity (Wildman–Crippen MR) is 53.4 cm³/mol. The van der Waals surface area contributed by atoms with E-state index in [1.54, 1.807) is 0 Å². The second kappa shape index (κ2) is 2.69. The Labute approximate surface area is 76.6 Å². The Morgan fingerprint density at radius 3 is 2.69 bits per heavy atom. The molecule has 0 amide bonds. The van der Waals surface area contributed by atoms with Crippen LogP contribution in [0.15, 0.2) is 18.2 Å². The third-order valence-corrected chi connectivity index (χ3v) is 1.99. The lowest BCUT2D eigenvalue weighted by Gasteiger charge is -2.02. The highest BCUT2D eigenvalue weighted by Gasteiger charge is 2.01. The van der Waals surface area contributed by atoms with Crippen LogP contribution in [0.25, 0.3) is 10.9 Å². The van der Waals surface area contributed by atoms with E-state index in [2.05, 4.69) is 9.97 Å². The molecule has 13 heavy (non-hydrogen) atoms. The van der Waals surface area contributed by atoms with E-state index in [1.165, 1.54) is 5.56 Å². The van der Waals surface area contributed by atoms with Crippen molar-refractivity contribution in [1.82, 2.24) is 9.97 Å². The zero-order valence-corrected chi connectivity index (χ0v) is 7.70. The molecule has 1 heterocycles. The zero-order valence-electron chi connectivity index (χ0n) is 7.70. The van der Waals surface area contributed by atoms with Gasteiger partial charge >= 0.3 is 0 Å². The second-order valence-corrected chi connectivity index (χ2v) is 3.18. The largest absolute Gasteiger partial charge is 0.383 e. The summed E-state index contributed by atoms with van der Waals surface area (Å²) in [5, 5.41) is 0.936. The van der Waals surface area contributed by atoms with Crippen LogP contribution in [0.1, 0.15) is 11.4 Å². The second-order valence-electron chi connectivity index (χ2n) is 3.18. The topological polar surface area (TPSA) is 51.8 Å². The number of hydrogen-bond donors (Lipinski definition) is 1. The van der Waals surface area contributed by atoms with E-state index in [0.717, 1.165) is 10.9 Å². The van der Waals surface area contributed by atoms with Gasteiger partial charge in [-0.2, -0.15) is 0 Å². The van der Waals surface area contributed by atoms with Gasteiger partial charge in [0.25, 0.3) is 0 Å². The Hall–Kier alpha value is -1.64. The van der Waals surface area contributed by atoms with Crippen LogP contribution in [0.4, 0.5) is 5.82 Å². The number of rotatable bonds is 0. The van der Waals surface area contributed by atoms with E-state index >= 15 is 0 Å². The molecule has 0 bridgehead atoms. The Kier molecular flexibility index (Phi) is 1.65. The predicted octanol–water partition coefficient (Wildman–Crippen LogP) is 1.83. The molecular weight excluding hydrogens is 162 g/mol. The van der Waals surface area contributed by atoms with Crippen molar-refractivity contribution in [2.24, 2.45) is 0 Å². The number of aryl methyl sites for hydroxylation is 2. The van der Waals surface area contributed by atoms with Crippen molar-refractivity contribution < 1.29 is 0 Å². The lowest BCUT2D eigenvalue weighted by Crippen LogP contribution is -1.97. The Balaban J connectivity index is 2.87. The van der Waals surface area contributed by atoms with Crippen LogP contribution in [-0.4, -0.2) is 9.97 Å². The molecule has 0 spiro atoms. The Morgan fingerprint density at radius 2 is 1.92 bits per heavy atom. The summed E-state index contributed by atoms with van der Waals surface area (Å²) in [6, 6.07) is 5.99. The highest BCUT2D eigenvalue weighted by molar-refractivity contribution is 5.88. The number of fused-ring (bicyclic) bond motifs is 1. The molecule has 0 saturated carbocycles. The van der Waals surface area contributed by atoms with Gasteiger partial charge in [0.05, 0.1) is 5.52 Å². The van der Waals surface area contributed by atoms with Crippen LogP contribution in [0.2, 0.25) is 0 Å². The van der Waals surface area contributed by atoms with Gasteiger partial charge in [-0.05, 0) is 26.0 Å². The van der Waals surface area contributed by atoms with Gasteiger partial charge in [0.2, 0.25) is 0 Å². The molecule has 0 aliphatic rings. The molecule has 2 aromatic rings. The third-order valence-electron chi connectivity index (χ3n) is 1.99. The maximum absolute atomic E-state index is 5.77. The standard InChI is InChI=1S/C10H11N3/c1-6-3-4-9-8(5-6)10(11)13-7(2)12-9/h3-5H,1-2H3,(H2,11,12,13). The zero-order chi connectivity index (χ0) is 9.42. The fourth-order valence-corrected chi connectivity index (χ4v) is 1.39. The summed E-state index contributed by atoms with van der Waals surface area (Å²) in [6.07, 6.45) is 0. The number of anilines is 1. The smallest absolute Gasteiger partial charge is 0.135 e. The summed E-state index contributed by atoms with van der Waals surface area (Å²) in [5.41, 5.74) is 7.86. The van der Waals surface area contributed by atoms with Crippen molar-refractivity contribution in [3.63, 3.8) is 0 Å². The van der Waals surface area contributed by atoms with E-state index in [4.69, 9.17) is 5.73 Å². The van der Waals surface area contributed by atoms with Gasteiger partial charge in [-0.3, -0.25) is 0 Å².